The Morgan fingerprint density at radius 3 is 1.24 bits per heavy atom. The first-order valence-corrected chi connectivity index (χ1v) is 6.84. The van der Waals surface area contributed by atoms with Gasteiger partial charge in [-0.1, -0.05) is 6.42 Å². The summed E-state index contributed by atoms with van der Waals surface area (Å²) >= 11 is 0. The Bertz CT molecular complexity index is 502. The maximum Gasteiger partial charge on any atom is 0.417 e. The van der Waals surface area contributed by atoms with E-state index in [-0.39, 0.29) is 11.1 Å². The predicted octanol–water partition coefficient (Wildman–Crippen LogP) is 5.61. The summed E-state index contributed by atoms with van der Waals surface area (Å²) in [5.41, 5.74) is -2.59. The van der Waals surface area contributed by atoms with E-state index in [1.807, 2.05) is 0 Å². The maximum atomic E-state index is 13.2. The highest BCUT2D eigenvalue weighted by molar-refractivity contribution is 5.54. The van der Waals surface area contributed by atoms with Crippen molar-refractivity contribution in [3.63, 3.8) is 0 Å². The van der Waals surface area contributed by atoms with Crippen LogP contribution < -0.4 is 0 Å². The molecule has 0 N–H and O–H groups in total. The molecule has 0 nitrogen and oxygen atoms in total. The number of alkyl halides is 6. The fourth-order valence-corrected chi connectivity index (χ4v) is 3.30. The molecule has 0 amide bonds. The Labute approximate surface area is 119 Å². The summed E-state index contributed by atoms with van der Waals surface area (Å²) in [6, 6.07) is 0. The van der Waals surface area contributed by atoms with Gasteiger partial charge >= 0.3 is 12.4 Å². The van der Waals surface area contributed by atoms with Crippen LogP contribution in [0.1, 0.15) is 52.6 Å². The lowest BCUT2D eigenvalue weighted by atomic mass is 9.85. The van der Waals surface area contributed by atoms with Crippen LogP contribution in [0.4, 0.5) is 26.3 Å². The molecule has 21 heavy (non-hydrogen) atoms. The van der Waals surface area contributed by atoms with Crippen LogP contribution in [0.2, 0.25) is 0 Å². The molecule has 2 rings (SSSR count). The van der Waals surface area contributed by atoms with Crippen LogP contribution in [0.5, 0.6) is 0 Å². The lowest BCUT2D eigenvalue weighted by Crippen LogP contribution is -2.22. The van der Waals surface area contributed by atoms with E-state index < -0.39 is 23.5 Å². The fourth-order valence-electron chi connectivity index (χ4n) is 3.30. The average Bonchev–Trinajstić information content (AvgIpc) is 2.56. The first-order chi connectivity index (χ1) is 9.55. The van der Waals surface area contributed by atoms with E-state index in [0.717, 1.165) is 19.3 Å². The van der Waals surface area contributed by atoms with Crippen molar-refractivity contribution in [1.82, 2.24) is 0 Å². The van der Waals surface area contributed by atoms with E-state index in [2.05, 4.69) is 0 Å². The van der Waals surface area contributed by atoms with E-state index in [1.54, 1.807) is 0 Å². The smallest absolute Gasteiger partial charge is 0.166 e. The highest BCUT2D eigenvalue weighted by Crippen LogP contribution is 2.46. The molecule has 1 aliphatic rings. The summed E-state index contributed by atoms with van der Waals surface area (Å²) in [6.45, 7) is 2.34. The van der Waals surface area contributed by atoms with Crippen LogP contribution in [0.3, 0.4) is 0 Å². The third kappa shape index (κ3) is 2.90. The third-order valence-electron chi connectivity index (χ3n) is 4.19. The molecular formula is C15H16F6. The van der Waals surface area contributed by atoms with Crippen molar-refractivity contribution in [2.75, 3.05) is 0 Å². The van der Waals surface area contributed by atoms with E-state index in [0.29, 0.717) is 24.0 Å². The fraction of sp³-hybridized carbons (Fsp3) is 0.600. The van der Waals surface area contributed by atoms with Crippen molar-refractivity contribution in [1.29, 1.82) is 0 Å². The first-order valence-electron chi connectivity index (χ1n) is 6.84. The highest BCUT2D eigenvalue weighted by Gasteiger charge is 2.46. The van der Waals surface area contributed by atoms with Crippen LogP contribution in [0.15, 0.2) is 0 Å². The molecule has 0 bridgehead atoms. The van der Waals surface area contributed by atoms with Crippen molar-refractivity contribution < 1.29 is 26.3 Å². The number of rotatable bonds is 0. The molecule has 0 saturated carbocycles. The van der Waals surface area contributed by atoms with Crippen LogP contribution in [-0.2, 0) is 25.2 Å². The molecule has 0 atom stereocenters. The summed E-state index contributed by atoms with van der Waals surface area (Å²) in [4.78, 5) is 0. The first kappa shape index (κ1) is 16.2. The Kier molecular flexibility index (Phi) is 4.02. The maximum absolute atomic E-state index is 13.2. The topological polar surface area (TPSA) is 0 Å². The van der Waals surface area contributed by atoms with Gasteiger partial charge in [-0.25, -0.2) is 0 Å². The van der Waals surface area contributed by atoms with E-state index in [9.17, 15) is 26.3 Å². The second kappa shape index (κ2) is 5.21. The van der Waals surface area contributed by atoms with E-state index in [4.69, 9.17) is 0 Å². The number of halogens is 6. The molecule has 0 spiro atoms. The zero-order valence-electron chi connectivity index (χ0n) is 11.8. The molecule has 0 fully saturated rings. The number of fused-ring (bicyclic) bond motifs is 1. The molecular weight excluding hydrogens is 294 g/mol. The molecule has 0 heterocycles. The SMILES string of the molecule is Cc1c2c(c(C)c(C(F)(F)F)c1C(F)(F)F)CCCCC2. The van der Waals surface area contributed by atoms with Gasteiger partial charge in [0.05, 0.1) is 11.1 Å². The van der Waals surface area contributed by atoms with Gasteiger partial charge in [-0.3, -0.25) is 0 Å². The molecule has 0 aliphatic heterocycles. The summed E-state index contributed by atoms with van der Waals surface area (Å²) in [7, 11) is 0. The van der Waals surface area contributed by atoms with Crippen molar-refractivity contribution in [3.8, 4) is 0 Å². The number of hydrogen-bond donors (Lipinski definition) is 0. The molecule has 1 aromatic carbocycles. The van der Waals surface area contributed by atoms with Crippen molar-refractivity contribution in [2.24, 2.45) is 0 Å². The normalized spacial score (nSPS) is 16.6. The van der Waals surface area contributed by atoms with Crippen molar-refractivity contribution >= 4 is 0 Å². The molecule has 0 radical (unpaired) electrons. The monoisotopic (exact) mass is 310 g/mol. The van der Waals surface area contributed by atoms with Crippen molar-refractivity contribution in [2.45, 2.75) is 58.3 Å². The third-order valence-corrected chi connectivity index (χ3v) is 4.19. The molecule has 0 unspecified atom stereocenters. The molecule has 0 aromatic heterocycles. The molecule has 1 aliphatic carbocycles. The Balaban J connectivity index is 2.87. The second-order valence-corrected chi connectivity index (χ2v) is 5.51. The Hall–Kier alpha value is -1.20. The van der Waals surface area contributed by atoms with Gasteiger partial charge in [-0.05, 0) is 61.8 Å². The number of hydrogen-bond acceptors (Lipinski definition) is 0. The van der Waals surface area contributed by atoms with Crippen LogP contribution in [0.25, 0.3) is 0 Å². The second-order valence-electron chi connectivity index (χ2n) is 5.51. The predicted molar refractivity (Wildman–Crippen MR) is 67.2 cm³/mol. The highest BCUT2D eigenvalue weighted by atomic mass is 19.4. The Morgan fingerprint density at radius 2 is 0.952 bits per heavy atom. The zero-order valence-corrected chi connectivity index (χ0v) is 11.8. The minimum Gasteiger partial charge on any atom is -0.166 e. The van der Waals surface area contributed by atoms with Gasteiger partial charge in [0.25, 0.3) is 0 Å². The van der Waals surface area contributed by atoms with Gasteiger partial charge in [-0.2, -0.15) is 26.3 Å². The largest absolute Gasteiger partial charge is 0.417 e. The van der Waals surface area contributed by atoms with Crippen LogP contribution in [-0.4, -0.2) is 0 Å². The van der Waals surface area contributed by atoms with Gasteiger partial charge in [0.15, 0.2) is 0 Å². The van der Waals surface area contributed by atoms with Crippen molar-refractivity contribution in [3.05, 3.63) is 33.4 Å². The van der Waals surface area contributed by atoms with Gasteiger partial charge < -0.3 is 0 Å². The van der Waals surface area contributed by atoms with E-state index >= 15 is 0 Å². The zero-order chi connectivity index (χ0) is 16.0. The minimum atomic E-state index is -5.00. The average molecular weight is 310 g/mol. The lowest BCUT2D eigenvalue weighted by Gasteiger charge is -2.25. The standard InChI is InChI=1S/C15H16F6/c1-8-10-6-4-3-5-7-11(10)9(2)13(15(19,20)21)12(8)14(16,17)18/h3-7H2,1-2H3. The Morgan fingerprint density at radius 1 is 0.619 bits per heavy atom. The van der Waals surface area contributed by atoms with Crippen LogP contribution in [0, 0.1) is 13.8 Å². The summed E-state index contributed by atoms with van der Waals surface area (Å²) in [5, 5.41) is 0. The summed E-state index contributed by atoms with van der Waals surface area (Å²) in [6.07, 6.45) is -6.89. The lowest BCUT2D eigenvalue weighted by molar-refractivity contribution is -0.162. The van der Waals surface area contributed by atoms with Gasteiger partial charge in [-0.15, -0.1) is 0 Å². The van der Waals surface area contributed by atoms with Gasteiger partial charge in [0.2, 0.25) is 0 Å². The molecule has 6 heteroatoms. The minimum absolute atomic E-state index is 0.252. The van der Waals surface area contributed by atoms with Crippen LogP contribution >= 0.6 is 0 Å². The van der Waals surface area contributed by atoms with Gasteiger partial charge in [0, 0.05) is 0 Å². The summed E-state index contributed by atoms with van der Waals surface area (Å²) in [5.74, 6) is 0. The molecule has 118 valence electrons. The molecule has 1 aromatic rings. The number of benzene rings is 1. The quantitative estimate of drug-likeness (QED) is 0.431. The van der Waals surface area contributed by atoms with E-state index in [1.165, 1.54) is 13.8 Å². The molecule has 0 saturated heterocycles. The van der Waals surface area contributed by atoms with Gasteiger partial charge in [0.1, 0.15) is 0 Å². The summed E-state index contributed by atoms with van der Waals surface area (Å²) < 4.78 is 79.1.